The Morgan fingerprint density at radius 2 is 1.19 bits per heavy atom. The lowest BCUT2D eigenvalue weighted by molar-refractivity contribution is 0.0793. The summed E-state index contributed by atoms with van der Waals surface area (Å²) >= 11 is 0. The average Bonchev–Trinajstić information content (AvgIpc) is 2.92. The lowest BCUT2D eigenvalue weighted by Crippen LogP contribution is -2.28. The van der Waals surface area contributed by atoms with Gasteiger partial charge in [-0.1, -0.05) is 37.6 Å². The maximum absolute atomic E-state index is 10.2. The maximum Gasteiger partial charge on any atom is 0.0543 e. The summed E-state index contributed by atoms with van der Waals surface area (Å²) in [6.45, 7) is 3.85. The van der Waals surface area contributed by atoms with Crippen LogP contribution >= 0.6 is 0 Å². The fourth-order valence-corrected chi connectivity index (χ4v) is 6.95. The van der Waals surface area contributed by atoms with E-state index in [2.05, 4.69) is 31.2 Å². The van der Waals surface area contributed by atoms with Gasteiger partial charge in [-0.15, -0.1) is 0 Å². The quantitative estimate of drug-likeness (QED) is 0.318. The van der Waals surface area contributed by atoms with Gasteiger partial charge in [0.25, 0.3) is 0 Å². The van der Waals surface area contributed by atoms with Crippen molar-refractivity contribution in [2.75, 3.05) is 13.1 Å². The Kier molecular flexibility index (Phi) is 10.8. The van der Waals surface area contributed by atoms with Crippen LogP contribution in [0, 0.1) is 41.4 Å². The molecule has 32 heavy (non-hydrogen) atoms. The summed E-state index contributed by atoms with van der Waals surface area (Å²) in [5, 5.41) is 20.3. The highest BCUT2D eigenvalue weighted by atomic mass is 16.3. The number of rotatable bonds is 8. The number of hydrogen-bond acceptors (Lipinski definition) is 4. The van der Waals surface area contributed by atoms with Gasteiger partial charge < -0.3 is 21.7 Å². The minimum absolute atomic E-state index is 0.131. The number of allylic oxidation sites excluding steroid dienone is 4. The molecule has 6 N–H and O–H groups in total. The maximum atomic E-state index is 10.2. The van der Waals surface area contributed by atoms with Gasteiger partial charge in [-0.2, -0.15) is 0 Å². The molecule has 0 aromatic heterocycles. The van der Waals surface area contributed by atoms with E-state index < -0.39 is 0 Å². The van der Waals surface area contributed by atoms with E-state index in [4.69, 9.17) is 11.5 Å². The summed E-state index contributed by atoms with van der Waals surface area (Å²) < 4.78 is 0. The van der Waals surface area contributed by atoms with Gasteiger partial charge in [0.15, 0.2) is 0 Å². The fraction of sp³-hybridized carbons (Fsp3) is 0.857. The normalized spacial score (nSPS) is 41.8. The van der Waals surface area contributed by atoms with Crippen molar-refractivity contribution >= 4 is 0 Å². The zero-order chi connectivity index (χ0) is 22.9. The summed E-state index contributed by atoms with van der Waals surface area (Å²) in [5.74, 6) is 4.32. The van der Waals surface area contributed by atoms with Crippen molar-refractivity contribution in [2.24, 2.45) is 52.9 Å². The van der Waals surface area contributed by atoms with E-state index in [1.54, 1.807) is 0 Å². The molecule has 0 aliphatic heterocycles. The minimum Gasteiger partial charge on any atom is -0.393 e. The van der Waals surface area contributed by atoms with E-state index in [1.165, 1.54) is 25.7 Å². The van der Waals surface area contributed by atoms with Gasteiger partial charge in [-0.25, -0.2) is 0 Å². The summed E-state index contributed by atoms with van der Waals surface area (Å²) in [6, 6.07) is 0. The lowest BCUT2D eigenvalue weighted by Gasteiger charge is -2.34. The van der Waals surface area contributed by atoms with Crippen molar-refractivity contribution in [1.29, 1.82) is 0 Å². The van der Waals surface area contributed by atoms with E-state index in [1.807, 2.05) is 0 Å². The van der Waals surface area contributed by atoms with Crippen molar-refractivity contribution in [3.8, 4) is 0 Å². The summed E-state index contributed by atoms with van der Waals surface area (Å²) in [7, 11) is 0. The SMILES string of the molecule is CC1CC(/C=C/C2CCCC(O)CC2CCN)CC(/C=C/C2CCC(O)CC2CCN)C1. The van der Waals surface area contributed by atoms with Crippen molar-refractivity contribution in [3.05, 3.63) is 24.3 Å². The number of nitrogens with two attached hydrogens (primary N) is 2. The first kappa shape index (κ1) is 25.9. The van der Waals surface area contributed by atoms with Crippen LogP contribution in [0.4, 0.5) is 0 Å². The van der Waals surface area contributed by atoms with Gasteiger partial charge in [-0.3, -0.25) is 0 Å². The van der Waals surface area contributed by atoms with Gasteiger partial charge in [0.05, 0.1) is 12.2 Å². The molecular weight excluding hydrogens is 396 g/mol. The monoisotopic (exact) mass is 446 g/mol. The molecule has 4 nitrogen and oxygen atoms in total. The molecule has 3 rings (SSSR count). The molecule has 0 radical (unpaired) electrons. The highest BCUT2D eigenvalue weighted by Crippen LogP contribution is 2.39. The third kappa shape index (κ3) is 7.97. The summed E-state index contributed by atoms with van der Waals surface area (Å²) in [5.41, 5.74) is 11.7. The first-order valence-electron chi connectivity index (χ1n) is 13.6. The highest BCUT2D eigenvalue weighted by Gasteiger charge is 2.29. The fourth-order valence-electron chi connectivity index (χ4n) is 6.95. The van der Waals surface area contributed by atoms with Crippen LogP contribution in [-0.2, 0) is 0 Å². The molecule has 184 valence electrons. The molecule has 0 heterocycles. The van der Waals surface area contributed by atoms with Gasteiger partial charge in [0.1, 0.15) is 0 Å². The van der Waals surface area contributed by atoms with E-state index >= 15 is 0 Å². The smallest absolute Gasteiger partial charge is 0.0543 e. The van der Waals surface area contributed by atoms with Crippen LogP contribution in [0.15, 0.2) is 24.3 Å². The van der Waals surface area contributed by atoms with Crippen molar-refractivity contribution in [2.45, 2.75) is 96.2 Å². The highest BCUT2D eigenvalue weighted by molar-refractivity contribution is 5.04. The van der Waals surface area contributed by atoms with Gasteiger partial charge in [0.2, 0.25) is 0 Å². The van der Waals surface area contributed by atoms with E-state index in [0.29, 0.717) is 35.5 Å². The molecule has 3 aliphatic carbocycles. The lowest BCUT2D eigenvalue weighted by atomic mass is 9.73. The summed E-state index contributed by atoms with van der Waals surface area (Å²) in [6.07, 6.45) is 22.8. The van der Waals surface area contributed by atoms with Crippen molar-refractivity contribution in [3.63, 3.8) is 0 Å². The Morgan fingerprint density at radius 1 is 0.656 bits per heavy atom. The number of hydrogen-bond donors (Lipinski definition) is 4. The molecule has 0 spiro atoms. The molecular formula is C28H50N2O2. The van der Waals surface area contributed by atoms with Crippen LogP contribution in [0.25, 0.3) is 0 Å². The second-order valence-electron chi connectivity index (χ2n) is 11.4. The van der Waals surface area contributed by atoms with Crippen LogP contribution in [0.3, 0.4) is 0 Å². The Morgan fingerprint density at radius 3 is 1.75 bits per heavy atom. The topological polar surface area (TPSA) is 92.5 Å². The number of aliphatic hydroxyl groups excluding tert-OH is 2. The molecule has 0 aromatic rings. The molecule has 3 saturated carbocycles. The average molecular weight is 447 g/mol. The molecule has 3 fully saturated rings. The minimum atomic E-state index is -0.141. The molecule has 9 atom stereocenters. The molecule has 0 aromatic carbocycles. The molecule has 3 aliphatic rings. The molecule has 4 heteroatoms. The standard InChI is InChI=1S/C28H50N2O2/c1-20-15-21(5-7-23-3-2-4-27(31)18-25(23)11-13-29)17-22(16-20)6-8-24-9-10-28(32)19-26(24)12-14-30/h5-8,20-28,31-32H,2-4,9-19,29-30H2,1H3/b7-5+,8-6+. The van der Waals surface area contributed by atoms with E-state index in [9.17, 15) is 10.2 Å². The molecule has 0 bridgehead atoms. The van der Waals surface area contributed by atoms with E-state index in [0.717, 1.165) is 70.4 Å². The second kappa shape index (κ2) is 13.3. The summed E-state index contributed by atoms with van der Waals surface area (Å²) in [4.78, 5) is 0. The van der Waals surface area contributed by atoms with Crippen LogP contribution in [0.1, 0.15) is 84.0 Å². The second-order valence-corrected chi connectivity index (χ2v) is 11.4. The van der Waals surface area contributed by atoms with E-state index in [-0.39, 0.29) is 12.2 Å². The van der Waals surface area contributed by atoms with Gasteiger partial charge >= 0.3 is 0 Å². The van der Waals surface area contributed by atoms with Gasteiger partial charge in [0, 0.05) is 0 Å². The Balaban J connectivity index is 1.58. The van der Waals surface area contributed by atoms with Crippen LogP contribution in [0.2, 0.25) is 0 Å². The predicted molar refractivity (Wildman–Crippen MR) is 134 cm³/mol. The predicted octanol–water partition coefficient (Wildman–Crippen LogP) is 4.79. The van der Waals surface area contributed by atoms with Crippen LogP contribution in [-0.4, -0.2) is 35.5 Å². The third-order valence-electron chi connectivity index (χ3n) is 8.62. The Hall–Kier alpha value is -0.680. The van der Waals surface area contributed by atoms with Crippen LogP contribution < -0.4 is 11.5 Å². The Bertz CT molecular complexity index is 592. The third-order valence-corrected chi connectivity index (χ3v) is 8.62. The zero-order valence-electron chi connectivity index (χ0n) is 20.5. The first-order valence-corrected chi connectivity index (χ1v) is 13.6. The largest absolute Gasteiger partial charge is 0.393 e. The van der Waals surface area contributed by atoms with Crippen molar-refractivity contribution < 1.29 is 10.2 Å². The number of aliphatic hydroxyl groups is 2. The first-order chi connectivity index (χ1) is 15.5. The molecule has 9 unspecified atom stereocenters. The van der Waals surface area contributed by atoms with Crippen LogP contribution in [0.5, 0.6) is 0 Å². The zero-order valence-corrected chi connectivity index (χ0v) is 20.5. The van der Waals surface area contributed by atoms with Gasteiger partial charge in [-0.05, 0) is 125 Å². The van der Waals surface area contributed by atoms with Crippen molar-refractivity contribution in [1.82, 2.24) is 0 Å². The molecule has 0 amide bonds. The molecule has 0 saturated heterocycles. The Labute approximate surface area is 196 Å².